The van der Waals surface area contributed by atoms with E-state index in [9.17, 15) is 8.42 Å². The molecule has 8 heteroatoms. The Hall–Kier alpha value is -1.76. The van der Waals surface area contributed by atoms with Crippen LogP contribution in [0.2, 0.25) is 10.0 Å². The molecule has 0 saturated carbocycles. The molecule has 0 unspecified atom stereocenters. The van der Waals surface area contributed by atoms with Gasteiger partial charge in [0.2, 0.25) is 0 Å². The van der Waals surface area contributed by atoms with Crippen LogP contribution in [0.15, 0.2) is 52.5 Å². The molecule has 0 aliphatic carbocycles. The second-order valence-electron chi connectivity index (χ2n) is 4.85. The summed E-state index contributed by atoms with van der Waals surface area (Å²) < 4.78 is 29.9. The predicted octanol–water partition coefficient (Wildman–Crippen LogP) is 4.09. The fraction of sp³-hybridized carbons (Fsp3) is 0.188. The Kier molecular flexibility index (Phi) is 6.48. The number of hydrogen-bond donors (Lipinski definition) is 1. The summed E-state index contributed by atoms with van der Waals surface area (Å²) in [7, 11) is -3.90. The van der Waals surface area contributed by atoms with Crippen LogP contribution < -0.4 is 9.57 Å². The number of sulfonamides is 1. The molecular formula is C16H16Cl2N2O3S. The van der Waals surface area contributed by atoms with Crippen molar-refractivity contribution in [2.75, 3.05) is 6.61 Å². The number of benzene rings is 2. The summed E-state index contributed by atoms with van der Waals surface area (Å²) in [5, 5.41) is 4.10. The number of hydrazone groups is 1. The quantitative estimate of drug-likeness (QED) is 0.575. The van der Waals surface area contributed by atoms with E-state index in [4.69, 9.17) is 27.9 Å². The van der Waals surface area contributed by atoms with Crippen molar-refractivity contribution in [1.29, 1.82) is 0 Å². The Labute approximate surface area is 151 Å². The van der Waals surface area contributed by atoms with Gasteiger partial charge in [-0.05, 0) is 42.3 Å². The van der Waals surface area contributed by atoms with Crippen LogP contribution in [0.5, 0.6) is 5.75 Å². The molecule has 1 N–H and O–H groups in total. The molecule has 128 valence electrons. The van der Waals surface area contributed by atoms with E-state index in [1.165, 1.54) is 24.4 Å². The minimum Gasteiger partial charge on any atom is -0.494 e. The van der Waals surface area contributed by atoms with Gasteiger partial charge >= 0.3 is 0 Å². The molecule has 0 aliphatic heterocycles. The lowest BCUT2D eigenvalue weighted by Gasteiger charge is -2.06. The first-order chi connectivity index (χ1) is 11.4. The molecule has 24 heavy (non-hydrogen) atoms. The van der Waals surface area contributed by atoms with Crippen LogP contribution in [0.4, 0.5) is 0 Å². The van der Waals surface area contributed by atoms with Gasteiger partial charge in [-0.15, -0.1) is 0 Å². The summed E-state index contributed by atoms with van der Waals surface area (Å²) in [4.78, 5) is 1.98. The van der Waals surface area contributed by atoms with Gasteiger partial charge in [-0.3, -0.25) is 0 Å². The molecule has 0 heterocycles. The van der Waals surface area contributed by atoms with Crippen LogP contribution in [0.3, 0.4) is 0 Å². The lowest BCUT2D eigenvalue weighted by atomic mass is 10.2. The van der Waals surface area contributed by atoms with Crippen molar-refractivity contribution in [3.05, 3.63) is 58.1 Å². The van der Waals surface area contributed by atoms with E-state index < -0.39 is 10.0 Å². The number of nitrogens with zero attached hydrogens (tertiary/aromatic N) is 1. The van der Waals surface area contributed by atoms with Crippen molar-refractivity contribution in [3.8, 4) is 5.75 Å². The molecule has 2 rings (SSSR count). The molecule has 2 aromatic rings. The normalized spacial score (nSPS) is 11.6. The Morgan fingerprint density at radius 3 is 2.75 bits per heavy atom. The number of nitrogens with one attached hydrogen (secondary N) is 1. The SMILES string of the molecule is CCCOc1cccc(/C=N\NS(=O)(=O)c2cc(Cl)ccc2Cl)c1. The Morgan fingerprint density at radius 1 is 1.21 bits per heavy atom. The Balaban J connectivity index is 2.11. The molecule has 2 aromatic carbocycles. The third-order valence-corrected chi connectivity index (χ3v) is 4.84. The molecule has 0 fully saturated rings. The molecule has 0 bridgehead atoms. The van der Waals surface area contributed by atoms with Gasteiger partial charge in [0.25, 0.3) is 10.0 Å². The van der Waals surface area contributed by atoms with E-state index in [1.54, 1.807) is 18.2 Å². The molecule has 0 radical (unpaired) electrons. The third-order valence-electron chi connectivity index (χ3n) is 2.90. The fourth-order valence-corrected chi connectivity index (χ4v) is 3.36. The molecule has 0 atom stereocenters. The maximum Gasteiger partial charge on any atom is 0.278 e. The van der Waals surface area contributed by atoms with Crippen LogP contribution in [0, 0.1) is 0 Å². The highest BCUT2D eigenvalue weighted by Crippen LogP contribution is 2.24. The van der Waals surface area contributed by atoms with E-state index >= 15 is 0 Å². The van der Waals surface area contributed by atoms with Crippen LogP contribution in [-0.2, 0) is 10.0 Å². The molecule has 0 aliphatic rings. The average molecular weight is 387 g/mol. The van der Waals surface area contributed by atoms with Gasteiger partial charge < -0.3 is 4.74 Å². The van der Waals surface area contributed by atoms with Crippen molar-refractivity contribution < 1.29 is 13.2 Å². The zero-order chi connectivity index (χ0) is 17.6. The molecule has 0 saturated heterocycles. The van der Waals surface area contributed by atoms with E-state index in [1.807, 2.05) is 13.0 Å². The molecule has 0 spiro atoms. The van der Waals surface area contributed by atoms with Gasteiger partial charge in [0.1, 0.15) is 10.6 Å². The Morgan fingerprint density at radius 2 is 2.00 bits per heavy atom. The van der Waals surface area contributed by atoms with Crippen molar-refractivity contribution in [2.45, 2.75) is 18.2 Å². The van der Waals surface area contributed by atoms with Crippen LogP contribution in [0.25, 0.3) is 0 Å². The highest BCUT2D eigenvalue weighted by atomic mass is 35.5. The smallest absolute Gasteiger partial charge is 0.278 e. The van der Waals surface area contributed by atoms with E-state index in [-0.39, 0.29) is 14.9 Å². The highest BCUT2D eigenvalue weighted by molar-refractivity contribution is 7.89. The van der Waals surface area contributed by atoms with Crippen molar-refractivity contribution in [1.82, 2.24) is 4.83 Å². The summed E-state index contributed by atoms with van der Waals surface area (Å²) in [5.41, 5.74) is 0.698. The lowest BCUT2D eigenvalue weighted by molar-refractivity contribution is 0.317. The number of halogens is 2. The zero-order valence-corrected chi connectivity index (χ0v) is 15.2. The summed E-state index contributed by atoms with van der Waals surface area (Å²) in [6.45, 7) is 2.63. The monoisotopic (exact) mass is 386 g/mol. The van der Waals surface area contributed by atoms with Crippen LogP contribution >= 0.6 is 23.2 Å². The van der Waals surface area contributed by atoms with Gasteiger partial charge in [-0.25, -0.2) is 4.83 Å². The van der Waals surface area contributed by atoms with Crippen LogP contribution in [0.1, 0.15) is 18.9 Å². The fourth-order valence-electron chi connectivity index (χ4n) is 1.81. The molecular weight excluding hydrogens is 371 g/mol. The maximum atomic E-state index is 12.2. The van der Waals surface area contributed by atoms with Gasteiger partial charge in [0.15, 0.2) is 0 Å². The largest absolute Gasteiger partial charge is 0.494 e. The van der Waals surface area contributed by atoms with Crippen molar-refractivity contribution >= 4 is 39.4 Å². The first-order valence-corrected chi connectivity index (χ1v) is 9.39. The molecule has 0 aromatic heterocycles. The second-order valence-corrected chi connectivity index (χ2v) is 7.32. The van der Waals surface area contributed by atoms with Gasteiger partial charge in [0, 0.05) is 5.02 Å². The minimum absolute atomic E-state index is 0.0667. The van der Waals surface area contributed by atoms with E-state index in [0.717, 1.165) is 6.42 Å². The zero-order valence-electron chi connectivity index (χ0n) is 12.9. The standard InChI is InChI=1S/C16H16Cl2N2O3S/c1-2-8-23-14-5-3-4-12(9-14)11-19-20-24(21,22)16-10-13(17)6-7-15(16)18/h3-7,9-11,20H,2,8H2,1H3/b19-11-. The summed E-state index contributed by atoms with van der Waals surface area (Å²) >= 11 is 11.7. The van der Waals surface area contributed by atoms with Gasteiger partial charge in [-0.2, -0.15) is 13.5 Å². The van der Waals surface area contributed by atoms with E-state index in [0.29, 0.717) is 17.9 Å². The topological polar surface area (TPSA) is 67.8 Å². The van der Waals surface area contributed by atoms with Crippen molar-refractivity contribution in [2.24, 2.45) is 5.10 Å². The maximum absolute atomic E-state index is 12.2. The third kappa shape index (κ3) is 5.12. The average Bonchev–Trinajstić information content (AvgIpc) is 2.55. The second kappa shape index (κ2) is 8.37. The summed E-state index contributed by atoms with van der Waals surface area (Å²) in [6, 6.07) is 11.4. The number of rotatable bonds is 7. The summed E-state index contributed by atoms with van der Waals surface area (Å²) in [5.74, 6) is 0.696. The first kappa shape index (κ1) is 18.6. The lowest BCUT2D eigenvalue weighted by Crippen LogP contribution is -2.18. The van der Waals surface area contributed by atoms with Gasteiger partial charge in [-0.1, -0.05) is 42.3 Å². The minimum atomic E-state index is -3.90. The first-order valence-electron chi connectivity index (χ1n) is 7.15. The number of hydrogen-bond acceptors (Lipinski definition) is 4. The van der Waals surface area contributed by atoms with E-state index in [2.05, 4.69) is 9.93 Å². The Bertz CT molecular complexity index is 839. The van der Waals surface area contributed by atoms with Gasteiger partial charge in [0.05, 0.1) is 17.8 Å². The predicted molar refractivity (Wildman–Crippen MR) is 96.6 cm³/mol. The highest BCUT2D eigenvalue weighted by Gasteiger charge is 2.17. The molecule has 0 amide bonds. The van der Waals surface area contributed by atoms with Crippen molar-refractivity contribution in [3.63, 3.8) is 0 Å². The van der Waals surface area contributed by atoms with Crippen LogP contribution in [-0.4, -0.2) is 21.2 Å². The summed E-state index contributed by atoms with van der Waals surface area (Å²) in [6.07, 6.45) is 2.29. The number of ether oxygens (including phenoxy) is 1. The molecule has 5 nitrogen and oxygen atoms in total.